The van der Waals surface area contributed by atoms with Crippen LogP contribution in [0.1, 0.15) is 22.2 Å². The molecule has 1 N–H and O–H groups in total. The maximum atomic E-state index is 12.0. The van der Waals surface area contributed by atoms with E-state index >= 15 is 0 Å². The Bertz CT molecular complexity index is 540. The van der Waals surface area contributed by atoms with E-state index in [1.165, 1.54) is 18.6 Å². The average molecular weight is 261 g/mol. The number of carbonyl (C=O) groups excluding carboxylic acids is 1. The van der Waals surface area contributed by atoms with Gasteiger partial charge in [-0.15, -0.1) is 0 Å². The Morgan fingerprint density at radius 2 is 2.32 bits per heavy atom. The van der Waals surface area contributed by atoms with Crippen LogP contribution < -0.4 is 5.32 Å². The summed E-state index contributed by atoms with van der Waals surface area (Å²) in [5.74, 6) is -0.295. The number of hydrogen-bond donors (Lipinski definition) is 1. The molecule has 0 fully saturated rings. The molecule has 1 unspecified atom stereocenters. The molecule has 2 aromatic heterocycles. The number of aromatic nitrogens is 4. The van der Waals surface area contributed by atoms with E-state index in [0.29, 0.717) is 6.61 Å². The molecule has 0 bridgehead atoms. The molecule has 2 aromatic rings. The summed E-state index contributed by atoms with van der Waals surface area (Å²) in [7, 11) is 3.39. The summed E-state index contributed by atoms with van der Waals surface area (Å²) >= 11 is 0. The van der Waals surface area contributed by atoms with Crippen molar-refractivity contribution < 1.29 is 9.53 Å². The van der Waals surface area contributed by atoms with E-state index in [1.54, 1.807) is 18.0 Å². The summed E-state index contributed by atoms with van der Waals surface area (Å²) in [5.41, 5.74) is 1.13. The van der Waals surface area contributed by atoms with Crippen molar-refractivity contribution >= 4 is 5.91 Å². The van der Waals surface area contributed by atoms with Crippen LogP contribution >= 0.6 is 0 Å². The quantitative estimate of drug-likeness (QED) is 0.838. The first kappa shape index (κ1) is 13.2. The fourth-order valence-corrected chi connectivity index (χ4v) is 1.74. The van der Waals surface area contributed by atoms with E-state index in [0.717, 1.165) is 5.69 Å². The normalized spacial score (nSPS) is 12.1. The predicted octanol–water partition coefficient (Wildman–Crippen LogP) is 0.328. The lowest BCUT2D eigenvalue weighted by molar-refractivity contribution is 0.0887. The van der Waals surface area contributed by atoms with Gasteiger partial charge < -0.3 is 10.1 Å². The first-order valence-corrected chi connectivity index (χ1v) is 5.76. The maximum Gasteiger partial charge on any atom is 0.272 e. The fraction of sp³-hybridized carbons (Fsp3) is 0.333. The van der Waals surface area contributed by atoms with Crippen molar-refractivity contribution in [3.05, 3.63) is 42.2 Å². The number of amides is 1. The second-order valence-electron chi connectivity index (χ2n) is 3.95. The Labute approximate surface area is 110 Å². The number of aryl methyl sites for hydroxylation is 1. The molecule has 7 heteroatoms. The Kier molecular flexibility index (Phi) is 4.19. The van der Waals surface area contributed by atoms with Gasteiger partial charge in [-0.05, 0) is 6.07 Å². The zero-order chi connectivity index (χ0) is 13.7. The third-order valence-corrected chi connectivity index (χ3v) is 2.65. The average Bonchev–Trinajstić information content (AvgIpc) is 2.85. The van der Waals surface area contributed by atoms with Crippen LogP contribution in [0.4, 0.5) is 0 Å². The highest BCUT2D eigenvalue weighted by atomic mass is 16.5. The highest BCUT2D eigenvalue weighted by Crippen LogP contribution is 2.12. The molecule has 0 aliphatic carbocycles. The summed E-state index contributed by atoms with van der Waals surface area (Å²) in [4.78, 5) is 19.9. The molecule has 1 atom stereocenters. The summed E-state index contributed by atoms with van der Waals surface area (Å²) in [6.07, 6.45) is 6.09. The standard InChI is InChI=1S/C12H15N5O2/c1-17-11(3-4-15-17)10(8-19-2)16-12(18)9-7-13-5-6-14-9/h3-7,10H,8H2,1-2H3,(H,16,18). The van der Waals surface area contributed by atoms with Crippen LogP contribution in [0, 0.1) is 0 Å². The summed E-state index contributed by atoms with van der Waals surface area (Å²) in [6.45, 7) is 0.353. The van der Waals surface area contributed by atoms with E-state index in [1.807, 2.05) is 13.1 Å². The van der Waals surface area contributed by atoms with E-state index in [-0.39, 0.29) is 17.6 Å². The highest BCUT2D eigenvalue weighted by molar-refractivity contribution is 5.92. The van der Waals surface area contributed by atoms with Crippen LogP contribution in [-0.2, 0) is 11.8 Å². The minimum atomic E-state index is -0.295. The lowest BCUT2D eigenvalue weighted by Gasteiger charge is -2.17. The van der Waals surface area contributed by atoms with Crippen LogP contribution in [0.2, 0.25) is 0 Å². The molecule has 2 rings (SSSR count). The first-order valence-electron chi connectivity index (χ1n) is 5.76. The van der Waals surface area contributed by atoms with Crippen molar-refractivity contribution in [1.82, 2.24) is 25.1 Å². The monoisotopic (exact) mass is 261 g/mol. The molecule has 1 amide bonds. The van der Waals surface area contributed by atoms with Gasteiger partial charge in [-0.1, -0.05) is 0 Å². The lowest BCUT2D eigenvalue weighted by atomic mass is 10.2. The highest BCUT2D eigenvalue weighted by Gasteiger charge is 2.19. The van der Waals surface area contributed by atoms with Crippen molar-refractivity contribution in [3.63, 3.8) is 0 Å². The molecule has 7 nitrogen and oxygen atoms in total. The van der Waals surface area contributed by atoms with Gasteiger partial charge in [0, 0.05) is 32.7 Å². The van der Waals surface area contributed by atoms with Gasteiger partial charge in [-0.2, -0.15) is 5.10 Å². The molecule has 19 heavy (non-hydrogen) atoms. The number of ether oxygens (including phenoxy) is 1. The number of nitrogens with one attached hydrogen (secondary N) is 1. The molecule has 0 saturated carbocycles. The third kappa shape index (κ3) is 3.14. The van der Waals surface area contributed by atoms with Gasteiger partial charge in [-0.25, -0.2) is 4.98 Å². The predicted molar refractivity (Wildman–Crippen MR) is 67.3 cm³/mol. The Balaban J connectivity index is 2.14. The summed E-state index contributed by atoms with van der Waals surface area (Å²) < 4.78 is 6.82. The molecule has 0 aliphatic heterocycles. The van der Waals surface area contributed by atoms with E-state index in [2.05, 4.69) is 20.4 Å². The summed E-state index contributed by atoms with van der Waals surface area (Å²) in [5, 5.41) is 6.93. The van der Waals surface area contributed by atoms with Crippen LogP contribution in [0.25, 0.3) is 0 Å². The van der Waals surface area contributed by atoms with Gasteiger partial charge in [0.25, 0.3) is 5.91 Å². The molecule has 2 heterocycles. The number of hydrogen-bond acceptors (Lipinski definition) is 5. The molecular formula is C12H15N5O2. The first-order chi connectivity index (χ1) is 9.22. The largest absolute Gasteiger partial charge is 0.382 e. The lowest BCUT2D eigenvalue weighted by Crippen LogP contribution is -2.33. The van der Waals surface area contributed by atoms with Gasteiger partial charge >= 0.3 is 0 Å². The van der Waals surface area contributed by atoms with Gasteiger partial charge in [0.2, 0.25) is 0 Å². The van der Waals surface area contributed by atoms with Crippen LogP contribution in [0.15, 0.2) is 30.9 Å². The van der Waals surface area contributed by atoms with Gasteiger partial charge in [0.05, 0.1) is 24.5 Å². The Morgan fingerprint density at radius 1 is 1.47 bits per heavy atom. The van der Waals surface area contributed by atoms with Crippen LogP contribution in [0.5, 0.6) is 0 Å². The van der Waals surface area contributed by atoms with Crippen LogP contribution in [0.3, 0.4) is 0 Å². The van der Waals surface area contributed by atoms with Crippen molar-refractivity contribution in [3.8, 4) is 0 Å². The molecule has 0 spiro atoms. The Hall–Kier alpha value is -2.28. The van der Waals surface area contributed by atoms with E-state index < -0.39 is 0 Å². The SMILES string of the molecule is COCC(NC(=O)c1cnccn1)c1ccnn1C. The number of nitrogens with zero attached hydrogens (tertiary/aromatic N) is 4. The minimum absolute atomic E-state index is 0.269. The molecule has 0 aliphatic rings. The topological polar surface area (TPSA) is 81.9 Å². The zero-order valence-corrected chi connectivity index (χ0v) is 10.8. The molecule has 0 radical (unpaired) electrons. The molecule has 0 aromatic carbocycles. The van der Waals surface area contributed by atoms with Crippen molar-refractivity contribution in [2.24, 2.45) is 7.05 Å². The minimum Gasteiger partial charge on any atom is -0.382 e. The Morgan fingerprint density at radius 3 is 2.89 bits per heavy atom. The fourth-order valence-electron chi connectivity index (χ4n) is 1.74. The molecule has 0 saturated heterocycles. The van der Waals surface area contributed by atoms with Crippen molar-refractivity contribution in [1.29, 1.82) is 0 Å². The van der Waals surface area contributed by atoms with Crippen molar-refractivity contribution in [2.45, 2.75) is 6.04 Å². The van der Waals surface area contributed by atoms with Crippen molar-refractivity contribution in [2.75, 3.05) is 13.7 Å². The zero-order valence-electron chi connectivity index (χ0n) is 10.8. The van der Waals surface area contributed by atoms with Gasteiger partial charge in [-0.3, -0.25) is 14.5 Å². The molecule has 100 valence electrons. The summed E-state index contributed by atoms with van der Waals surface area (Å²) in [6, 6.07) is 1.55. The number of rotatable bonds is 5. The number of methoxy groups -OCH3 is 1. The smallest absolute Gasteiger partial charge is 0.272 e. The maximum absolute atomic E-state index is 12.0. The van der Waals surface area contributed by atoms with Crippen LogP contribution in [-0.4, -0.2) is 39.4 Å². The third-order valence-electron chi connectivity index (χ3n) is 2.65. The van der Waals surface area contributed by atoms with E-state index in [4.69, 9.17) is 4.74 Å². The second-order valence-corrected chi connectivity index (χ2v) is 3.95. The number of carbonyl (C=O) groups is 1. The molecular weight excluding hydrogens is 246 g/mol. The van der Waals surface area contributed by atoms with Gasteiger partial charge in [0.15, 0.2) is 0 Å². The van der Waals surface area contributed by atoms with E-state index in [9.17, 15) is 4.79 Å². The second kappa shape index (κ2) is 6.05. The van der Waals surface area contributed by atoms with Gasteiger partial charge in [0.1, 0.15) is 5.69 Å².